The van der Waals surface area contributed by atoms with Gasteiger partial charge in [-0.15, -0.1) is 0 Å². The van der Waals surface area contributed by atoms with Gasteiger partial charge in [0.1, 0.15) is 0 Å². The van der Waals surface area contributed by atoms with E-state index in [-0.39, 0.29) is 15.8 Å². The topological polar surface area (TPSA) is 80.3 Å². The molecule has 2 rings (SSSR count). The Morgan fingerprint density at radius 3 is 2.00 bits per heavy atom. The van der Waals surface area contributed by atoms with Crippen LogP contribution in [0, 0.1) is 0 Å². The fraction of sp³-hybridized carbons (Fsp3) is 0.250. The van der Waals surface area contributed by atoms with E-state index in [1.54, 1.807) is 0 Å². The fourth-order valence-corrected chi connectivity index (χ4v) is 3.81. The molecule has 0 amide bonds. The third-order valence-electron chi connectivity index (χ3n) is 3.45. The highest BCUT2D eigenvalue weighted by Crippen LogP contribution is 2.28. The molecule has 0 fully saturated rings. The Labute approximate surface area is 137 Å². The second kappa shape index (κ2) is 6.33. The molecule has 7 heteroatoms. The molecule has 5 nitrogen and oxygen atoms in total. The van der Waals surface area contributed by atoms with Gasteiger partial charge in [-0.2, -0.15) is 0 Å². The summed E-state index contributed by atoms with van der Waals surface area (Å²) >= 11 is 0. The molecule has 0 radical (unpaired) electrons. The Balaban J connectivity index is 2.47. The van der Waals surface area contributed by atoms with Crippen molar-refractivity contribution < 1.29 is 16.8 Å². The van der Waals surface area contributed by atoms with Crippen LogP contribution in [0.4, 0.5) is 5.69 Å². The number of hydrogen-bond acceptors (Lipinski definition) is 5. The molecule has 0 spiro atoms. The molecular formula is C16H19NO4S2. The Kier molecular flexibility index (Phi) is 4.81. The lowest BCUT2D eigenvalue weighted by molar-refractivity contribution is 0.600. The number of benzene rings is 2. The van der Waals surface area contributed by atoms with E-state index in [1.165, 1.54) is 18.2 Å². The summed E-state index contributed by atoms with van der Waals surface area (Å²) < 4.78 is 47.3. The second-order valence-electron chi connectivity index (χ2n) is 5.48. The van der Waals surface area contributed by atoms with Crippen LogP contribution >= 0.6 is 0 Å². The highest BCUT2D eigenvalue weighted by atomic mass is 32.2. The SMILES string of the molecule is CC(Nc1ccc(S(C)(=O)=O)cc1S(C)(=O)=O)c1ccccc1. The monoisotopic (exact) mass is 353 g/mol. The van der Waals surface area contributed by atoms with E-state index in [0.29, 0.717) is 5.69 Å². The fourth-order valence-electron chi connectivity index (χ4n) is 2.22. The van der Waals surface area contributed by atoms with Gasteiger partial charge in [0.15, 0.2) is 19.7 Å². The molecular weight excluding hydrogens is 334 g/mol. The molecule has 0 aliphatic rings. The third kappa shape index (κ3) is 4.33. The van der Waals surface area contributed by atoms with Crippen LogP contribution in [0.2, 0.25) is 0 Å². The van der Waals surface area contributed by atoms with Crippen LogP contribution in [-0.2, 0) is 19.7 Å². The van der Waals surface area contributed by atoms with E-state index in [2.05, 4.69) is 5.32 Å². The van der Waals surface area contributed by atoms with Gasteiger partial charge in [-0.25, -0.2) is 16.8 Å². The zero-order valence-electron chi connectivity index (χ0n) is 13.1. The summed E-state index contributed by atoms with van der Waals surface area (Å²) in [7, 11) is -7.05. The maximum Gasteiger partial charge on any atom is 0.177 e. The van der Waals surface area contributed by atoms with Gasteiger partial charge in [0.05, 0.1) is 15.5 Å². The summed E-state index contributed by atoms with van der Waals surface area (Å²) in [5.74, 6) is 0. The van der Waals surface area contributed by atoms with Crippen molar-refractivity contribution in [1.29, 1.82) is 0 Å². The molecule has 0 aliphatic heterocycles. The molecule has 23 heavy (non-hydrogen) atoms. The number of nitrogens with one attached hydrogen (secondary N) is 1. The van der Waals surface area contributed by atoms with E-state index in [9.17, 15) is 16.8 Å². The summed E-state index contributed by atoms with van der Waals surface area (Å²) in [5, 5.41) is 3.14. The van der Waals surface area contributed by atoms with E-state index in [1.807, 2.05) is 37.3 Å². The first-order valence-corrected chi connectivity index (χ1v) is 10.7. The average Bonchev–Trinajstić information content (AvgIpc) is 2.46. The molecule has 1 N–H and O–H groups in total. The molecule has 1 atom stereocenters. The summed E-state index contributed by atoms with van der Waals surface area (Å²) in [6.07, 6.45) is 2.11. The lowest BCUT2D eigenvalue weighted by Gasteiger charge is -2.18. The predicted octanol–water partition coefficient (Wildman–Crippen LogP) is 2.67. The Morgan fingerprint density at radius 2 is 1.48 bits per heavy atom. The van der Waals surface area contributed by atoms with Crippen LogP contribution < -0.4 is 5.32 Å². The van der Waals surface area contributed by atoms with Crippen molar-refractivity contribution in [2.75, 3.05) is 17.8 Å². The lowest BCUT2D eigenvalue weighted by Crippen LogP contribution is -2.11. The summed E-state index contributed by atoms with van der Waals surface area (Å²) in [5.41, 5.74) is 1.38. The molecule has 0 saturated heterocycles. The molecule has 124 valence electrons. The average molecular weight is 353 g/mol. The number of anilines is 1. The van der Waals surface area contributed by atoms with Crippen LogP contribution in [0.1, 0.15) is 18.5 Å². The predicted molar refractivity (Wildman–Crippen MR) is 91.1 cm³/mol. The van der Waals surface area contributed by atoms with Gasteiger partial charge in [-0.05, 0) is 30.7 Å². The molecule has 2 aromatic carbocycles. The van der Waals surface area contributed by atoms with E-state index in [4.69, 9.17) is 0 Å². The number of rotatable bonds is 5. The van der Waals surface area contributed by atoms with Crippen LogP contribution in [-0.4, -0.2) is 29.3 Å². The molecule has 0 saturated carbocycles. The van der Waals surface area contributed by atoms with Crippen LogP contribution in [0.3, 0.4) is 0 Å². The van der Waals surface area contributed by atoms with Gasteiger partial charge in [-0.1, -0.05) is 30.3 Å². The molecule has 0 bridgehead atoms. The summed E-state index contributed by atoms with van der Waals surface area (Å²) in [4.78, 5) is -0.0426. The van der Waals surface area contributed by atoms with Gasteiger partial charge >= 0.3 is 0 Å². The molecule has 0 heterocycles. The van der Waals surface area contributed by atoms with Gasteiger partial charge in [-0.3, -0.25) is 0 Å². The molecule has 1 unspecified atom stereocenters. The van der Waals surface area contributed by atoms with Crippen molar-refractivity contribution >= 4 is 25.4 Å². The van der Waals surface area contributed by atoms with Crippen molar-refractivity contribution in [3.8, 4) is 0 Å². The van der Waals surface area contributed by atoms with Crippen molar-refractivity contribution in [3.63, 3.8) is 0 Å². The van der Waals surface area contributed by atoms with E-state index < -0.39 is 19.7 Å². The van der Waals surface area contributed by atoms with Crippen LogP contribution in [0.15, 0.2) is 58.3 Å². The molecule has 2 aromatic rings. The minimum absolute atomic E-state index is 0.0177. The minimum Gasteiger partial charge on any atom is -0.377 e. The normalized spacial score (nSPS) is 13.5. The number of sulfone groups is 2. The summed E-state index contributed by atoms with van der Waals surface area (Å²) in [6.45, 7) is 1.91. The standard InChI is InChI=1S/C16H19NO4S2/c1-12(13-7-5-4-6-8-13)17-15-10-9-14(22(2,18)19)11-16(15)23(3,20)21/h4-12,17H,1-3H3. The van der Waals surface area contributed by atoms with Gasteiger partial charge in [0.25, 0.3) is 0 Å². The number of hydrogen-bond donors (Lipinski definition) is 1. The van der Waals surface area contributed by atoms with Crippen molar-refractivity contribution in [3.05, 3.63) is 54.1 Å². The largest absolute Gasteiger partial charge is 0.377 e. The Bertz CT molecular complexity index is 904. The zero-order valence-corrected chi connectivity index (χ0v) is 14.8. The van der Waals surface area contributed by atoms with Crippen LogP contribution in [0.25, 0.3) is 0 Å². The van der Waals surface area contributed by atoms with Gasteiger partial charge < -0.3 is 5.32 Å². The minimum atomic E-state index is -3.57. The van der Waals surface area contributed by atoms with Crippen molar-refractivity contribution in [2.24, 2.45) is 0 Å². The third-order valence-corrected chi connectivity index (χ3v) is 5.70. The Hall–Kier alpha value is -1.86. The molecule has 0 aliphatic carbocycles. The van der Waals surface area contributed by atoms with Crippen molar-refractivity contribution in [2.45, 2.75) is 22.8 Å². The Morgan fingerprint density at radius 1 is 0.870 bits per heavy atom. The van der Waals surface area contributed by atoms with E-state index >= 15 is 0 Å². The first-order chi connectivity index (χ1) is 10.6. The van der Waals surface area contributed by atoms with Gasteiger partial charge in [0, 0.05) is 18.6 Å². The molecule has 0 aromatic heterocycles. The second-order valence-corrected chi connectivity index (χ2v) is 9.48. The van der Waals surface area contributed by atoms with Crippen molar-refractivity contribution in [1.82, 2.24) is 0 Å². The van der Waals surface area contributed by atoms with E-state index in [0.717, 1.165) is 18.1 Å². The summed E-state index contributed by atoms with van der Waals surface area (Å²) in [6, 6.07) is 13.5. The maximum absolute atomic E-state index is 12.0. The lowest BCUT2D eigenvalue weighted by atomic mass is 10.1. The first kappa shape index (κ1) is 17.5. The first-order valence-electron chi connectivity index (χ1n) is 6.94. The highest BCUT2D eigenvalue weighted by molar-refractivity contribution is 7.91. The smallest absolute Gasteiger partial charge is 0.177 e. The zero-order chi connectivity index (χ0) is 17.3. The maximum atomic E-state index is 12.0. The quantitative estimate of drug-likeness (QED) is 0.894. The van der Waals surface area contributed by atoms with Gasteiger partial charge in [0.2, 0.25) is 0 Å². The van der Waals surface area contributed by atoms with Crippen LogP contribution in [0.5, 0.6) is 0 Å². The highest BCUT2D eigenvalue weighted by Gasteiger charge is 2.19.